The Morgan fingerprint density at radius 3 is 2.50 bits per heavy atom. The van der Waals surface area contributed by atoms with Gasteiger partial charge in [-0.1, -0.05) is 0 Å². The molecule has 1 aromatic rings. The third kappa shape index (κ3) is 2.08. The third-order valence-corrected chi connectivity index (χ3v) is 2.53. The van der Waals surface area contributed by atoms with Crippen LogP contribution in [0.25, 0.3) is 0 Å². The van der Waals surface area contributed by atoms with Gasteiger partial charge in [0, 0.05) is 6.54 Å². The molecule has 0 aliphatic rings. The van der Waals surface area contributed by atoms with Crippen LogP contribution < -0.4 is 0 Å². The van der Waals surface area contributed by atoms with Crippen LogP contribution >= 0.6 is 0 Å². The van der Waals surface area contributed by atoms with Gasteiger partial charge < -0.3 is 14.4 Å². The van der Waals surface area contributed by atoms with Crippen LogP contribution in [0.15, 0.2) is 23.0 Å². The molecule has 0 atom stereocenters. The highest BCUT2D eigenvalue weighted by atomic mass is 16.4. The van der Waals surface area contributed by atoms with E-state index in [1.54, 1.807) is 6.92 Å². The molecule has 0 bridgehead atoms. The Balaban J connectivity index is 3.00. The van der Waals surface area contributed by atoms with E-state index in [0.717, 1.165) is 0 Å². The Morgan fingerprint density at radius 2 is 2.12 bits per heavy atom. The number of carbonyl (C=O) groups excluding carboxylic acids is 1. The van der Waals surface area contributed by atoms with Crippen molar-refractivity contribution >= 4 is 11.9 Å². The van der Waals surface area contributed by atoms with E-state index in [4.69, 9.17) is 9.52 Å². The minimum Gasteiger partial charge on any atom is -0.480 e. The number of carbonyl (C=O) groups is 2. The SMILES string of the molecule is CCN(C(=O)c1ccoc1)C(C)(C)C(=O)O. The number of hydrogen-bond acceptors (Lipinski definition) is 3. The Kier molecular flexibility index (Phi) is 3.37. The first-order valence-corrected chi connectivity index (χ1v) is 4.98. The maximum Gasteiger partial charge on any atom is 0.329 e. The summed E-state index contributed by atoms with van der Waals surface area (Å²) in [5.74, 6) is -1.38. The number of amides is 1. The van der Waals surface area contributed by atoms with Crippen molar-refractivity contribution in [3.05, 3.63) is 24.2 Å². The molecule has 0 saturated heterocycles. The zero-order valence-electron chi connectivity index (χ0n) is 9.56. The number of carboxylic acid groups (broad SMARTS) is 1. The average molecular weight is 225 g/mol. The number of hydrogen-bond donors (Lipinski definition) is 1. The first-order chi connectivity index (χ1) is 7.41. The molecule has 0 aromatic carbocycles. The van der Waals surface area contributed by atoms with E-state index in [-0.39, 0.29) is 5.91 Å². The fourth-order valence-corrected chi connectivity index (χ4v) is 1.45. The molecule has 0 radical (unpaired) electrons. The molecule has 0 unspecified atom stereocenters. The predicted octanol–water partition coefficient (Wildman–Crippen LogP) is 1.60. The highest BCUT2D eigenvalue weighted by molar-refractivity contribution is 5.97. The highest BCUT2D eigenvalue weighted by Crippen LogP contribution is 2.18. The predicted molar refractivity (Wildman–Crippen MR) is 57.1 cm³/mol. The molecule has 1 rings (SSSR count). The molecule has 5 nitrogen and oxygen atoms in total. The van der Waals surface area contributed by atoms with Crippen LogP contribution in [0.5, 0.6) is 0 Å². The first kappa shape index (κ1) is 12.3. The van der Waals surface area contributed by atoms with Crippen LogP contribution in [-0.2, 0) is 4.79 Å². The van der Waals surface area contributed by atoms with Crippen LogP contribution in [0, 0.1) is 0 Å². The standard InChI is InChI=1S/C11H15NO4/c1-4-12(11(2,3)10(14)15)9(13)8-5-6-16-7-8/h5-7H,4H2,1-3H3,(H,14,15). The lowest BCUT2D eigenvalue weighted by molar-refractivity contribution is -0.147. The number of likely N-dealkylation sites (N-methyl/N-ethyl adjacent to an activating group) is 1. The lowest BCUT2D eigenvalue weighted by atomic mass is 10.0. The van der Waals surface area contributed by atoms with Crippen molar-refractivity contribution in [2.24, 2.45) is 0 Å². The second kappa shape index (κ2) is 4.38. The monoisotopic (exact) mass is 225 g/mol. The molecule has 5 heteroatoms. The maximum absolute atomic E-state index is 12.0. The molecule has 1 amide bonds. The average Bonchev–Trinajstić information content (AvgIpc) is 2.70. The summed E-state index contributed by atoms with van der Waals surface area (Å²) in [6, 6.07) is 1.52. The molecule has 0 aliphatic carbocycles. The smallest absolute Gasteiger partial charge is 0.329 e. The van der Waals surface area contributed by atoms with Crippen molar-refractivity contribution in [2.75, 3.05) is 6.54 Å². The molecule has 1 aromatic heterocycles. The normalized spacial score (nSPS) is 11.2. The molecule has 0 spiro atoms. The molecule has 0 aliphatic heterocycles. The fourth-order valence-electron chi connectivity index (χ4n) is 1.45. The van der Waals surface area contributed by atoms with E-state index < -0.39 is 11.5 Å². The van der Waals surface area contributed by atoms with E-state index in [2.05, 4.69) is 0 Å². The van der Waals surface area contributed by atoms with Crippen LogP contribution in [0.3, 0.4) is 0 Å². The quantitative estimate of drug-likeness (QED) is 0.844. The molecule has 1 N–H and O–H groups in total. The van der Waals surface area contributed by atoms with Gasteiger partial charge in [-0.15, -0.1) is 0 Å². The van der Waals surface area contributed by atoms with Gasteiger partial charge in [0.2, 0.25) is 0 Å². The minimum absolute atomic E-state index is 0.323. The number of carboxylic acids is 1. The van der Waals surface area contributed by atoms with Crippen LogP contribution in [0.1, 0.15) is 31.1 Å². The summed E-state index contributed by atoms with van der Waals surface area (Å²) < 4.78 is 4.81. The molecule has 1 heterocycles. The summed E-state index contributed by atoms with van der Waals surface area (Å²) in [5.41, 5.74) is -0.875. The molecular formula is C11H15NO4. The Hall–Kier alpha value is -1.78. The van der Waals surface area contributed by atoms with Gasteiger partial charge in [-0.05, 0) is 26.8 Å². The maximum atomic E-state index is 12.0. The van der Waals surface area contributed by atoms with Gasteiger partial charge in [0.05, 0.1) is 11.8 Å². The van der Waals surface area contributed by atoms with E-state index >= 15 is 0 Å². The zero-order valence-corrected chi connectivity index (χ0v) is 9.56. The van der Waals surface area contributed by atoms with E-state index in [1.165, 1.54) is 37.3 Å². The fraction of sp³-hybridized carbons (Fsp3) is 0.455. The Morgan fingerprint density at radius 1 is 1.50 bits per heavy atom. The van der Waals surface area contributed by atoms with Crippen molar-refractivity contribution in [1.82, 2.24) is 4.90 Å². The lowest BCUT2D eigenvalue weighted by Crippen LogP contribution is -2.52. The van der Waals surface area contributed by atoms with Gasteiger partial charge in [-0.25, -0.2) is 4.79 Å². The van der Waals surface area contributed by atoms with Crippen LogP contribution in [0.2, 0.25) is 0 Å². The topological polar surface area (TPSA) is 70.8 Å². The molecule has 0 fully saturated rings. The number of rotatable bonds is 4. The van der Waals surface area contributed by atoms with Crippen molar-refractivity contribution < 1.29 is 19.1 Å². The number of nitrogens with zero attached hydrogens (tertiary/aromatic N) is 1. The third-order valence-electron chi connectivity index (χ3n) is 2.53. The zero-order chi connectivity index (χ0) is 12.3. The second-order valence-electron chi connectivity index (χ2n) is 3.93. The van der Waals surface area contributed by atoms with Gasteiger partial charge in [0.1, 0.15) is 11.8 Å². The first-order valence-electron chi connectivity index (χ1n) is 4.98. The molecular weight excluding hydrogens is 210 g/mol. The lowest BCUT2D eigenvalue weighted by Gasteiger charge is -2.33. The number of furan rings is 1. The Labute approximate surface area is 93.7 Å². The second-order valence-corrected chi connectivity index (χ2v) is 3.93. The van der Waals surface area contributed by atoms with Gasteiger partial charge >= 0.3 is 5.97 Å². The van der Waals surface area contributed by atoms with Crippen molar-refractivity contribution in [3.63, 3.8) is 0 Å². The van der Waals surface area contributed by atoms with E-state index in [0.29, 0.717) is 12.1 Å². The summed E-state index contributed by atoms with van der Waals surface area (Å²) in [5, 5.41) is 9.07. The summed E-state index contributed by atoms with van der Waals surface area (Å²) in [6.45, 7) is 5.06. The molecule has 0 saturated carbocycles. The van der Waals surface area contributed by atoms with Gasteiger partial charge in [-0.3, -0.25) is 4.79 Å². The summed E-state index contributed by atoms with van der Waals surface area (Å²) in [6.07, 6.45) is 2.69. The van der Waals surface area contributed by atoms with Crippen molar-refractivity contribution in [1.29, 1.82) is 0 Å². The van der Waals surface area contributed by atoms with Gasteiger partial charge in [0.25, 0.3) is 5.91 Å². The Bertz CT molecular complexity index is 381. The largest absolute Gasteiger partial charge is 0.480 e. The van der Waals surface area contributed by atoms with Crippen molar-refractivity contribution in [3.8, 4) is 0 Å². The molecule has 88 valence electrons. The highest BCUT2D eigenvalue weighted by Gasteiger charge is 2.37. The van der Waals surface area contributed by atoms with Crippen LogP contribution in [0.4, 0.5) is 0 Å². The van der Waals surface area contributed by atoms with E-state index in [1.807, 2.05) is 0 Å². The minimum atomic E-state index is -1.23. The molecule has 16 heavy (non-hydrogen) atoms. The van der Waals surface area contributed by atoms with Gasteiger partial charge in [0.15, 0.2) is 0 Å². The van der Waals surface area contributed by atoms with Gasteiger partial charge in [-0.2, -0.15) is 0 Å². The van der Waals surface area contributed by atoms with Crippen molar-refractivity contribution in [2.45, 2.75) is 26.3 Å². The van der Waals surface area contributed by atoms with E-state index in [9.17, 15) is 9.59 Å². The number of aliphatic carboxylic acids is 1. The summed E-state index contributed by atoms with van der Waals surface area (Å²) in [4.78, 5) is 24.4. The summed E-state index contributed by atoms with van der Waals surface area (Å²) in [7, 11) is 0. The van der Waals surface area contributed by atoms with Crippen LogP contribution in [-0.4, -0.2) is 34.0 Å². The summed E-state index contributed by atoms with van der Waals surface area (Å²) >= 11 is 0.